The Hall–Kier alpha value is -0.270. The van der Waals surface area contributed by atoms with E-state index in [2.05, 4.69) is 13.8 Å². The van der Waals surface area contributed by atoms with Gasteiger partial charge in [-0.2, -0.15) is 0 Å². The molecule has 1 rings (SSSR count). The molecule has 0 bridgehead atoms. The van der Waals surface area contributed by atoms with Crippen molar-refractivity contribution in [3.05, 3.63) is 35.1 Å². The monoisotopic (exact) mass is 290 g/mol. The highest BCUT2D eigenvalue weighted by molar-refractivity contribution is 6.21. The molecule has 1 aromatic carbocycles. The minimum absolute atomic E-state index is 0.0974. The average molecular weight is 291 g/mol. The topological polar surface area (TPSA) is 0 Å². The summed E-state index contributed by atoms with van der Waals surface area (Å²) < 4.78 is 13.1. The quantitative estimate of drug-likeness (QED) is 0.633. The van der Waals surface area contributed by atoms with Crippen molar-refractivity contribution in [1.29, 1.82) is 0 Å². The molecule has 102 valence electrons. The summed E-state index contributed by atoms with van der Waals surface area (Å²) in [5, 5.41) is 0. The fourth-order valence-corrected chi connectivity index (χ4v) is 3.13. The third kappa shape index (κ3) is 4.13. The van der Waals surface area contributed by atoms with E-state index in [1.165, 1.54) is 6.07 Å². The van der Waals surface area contributed by atoms with Gasteiger partial charge in [0, 0.05) is 17.2 Å². The first kappa shape index (κ1) is 15.8. The van der Waals surface area contributed by atoms with E-state index in [4.69, 9.17) is 23.2 Å². The molecule has 0 radical (unpaired) electrons. The Morgan fingerprint density at radius 2 is 1.83 bits per heavy atom. The number of alkyl halides is 2. The maximum Gasteiger partial charge on any atom is 0.123 e. The number of halogens is 3. The van der Waals surface area contributed by atoms with Gasteiger partial charge in [-0.3, -0.25) is 0 Å². The summed E-state index contributed by atoms with van der Waals surface area (Å²) >= 11 is 12.3. The minimum Gasteiger partial charge on any atom is -0.207 e. The van der Waals surface area contributed by atoms with Crippen molar-refractivity contribution in [3.8, 4) is 0 Å². The second-order valence-corrected chi connectivity index (χ2v) is 6.15. The Morgan fingerprint density at radius 1 is 1.22 bits per heavy atom. The third-order valence-electron chi connectivity index (χ3n) is 3.28. The Labute approximate surface area is 119 Å². The predicted molar refractivity (Wildman–Crippen MR) is 78.2 cm³/mol. The van der Waals surface area contributed by atoms with E-state index in [1.807, 2.05) is 13.0 Å². The smallest absolute Gasteiger partial charge is 0.123 e. The van der Waals surface area contributed by atoms with E-state index in [1.54, 1.807) is 6.07 Å². The Bertz CT molecular complexity index is 384. The number of hydrogen-bond donors (Lipinski definition) is 0. The molecular formula is C15H21Cl2F. The lowest BCUT2D eigenvalue weighted by Crippen LogP contribution is -2.30. The van der Waals surface area contributed by atoms with Crippen molar-refractivity contribution >= 4 is 23.2 Å². The van der Waals surface area contributed by atoms with Gasteiger partial charge in [-0.15, -0.1) is 23.2 Å². The van der Waals surface area contributed by atoms with Gasteiger partial charge in [-0.25, -0.2) is 4.39 Å². The van der Waals surface area contributed by atoms with Crippen molar-refractivity contribution in [2.45, 2.75) is 33.6 Å². The van der Waals surface area contributed by atoms with E-state index < -0.39 is 0 Å². The van der Waals surface area contributed by atoms with Crippen LogP contribution >= 0.6 is 23.2 Å². The highest BCUT2D eigenvalue weighted by atomic mass is 35.5. The Balaban J connectivity index is 2.95. The predicted octanol–water partition coefficient (Wildman–Crippen LogP) is 5.19. The van der Waals surface area contributed by atoms with Crippen LogP contribution in [0.25, 0.3) is 0 Å². The third-order valence-corrected chi connectivity index (χ3v) is 4.41. The van der Waals surface area contributed by atoms with Crippen LogP contribution in [0, 0.1) is 24.1 Å². The second kappa shape index (κ2) is 6.77. The molecule has 0 amide bonds. The van der Waals surface area contributed by atoms with E-state index in [0.29, 0.717) is 17.7 Å². The van der Waals surface area contributed by atoms with Gasteiger partial charge >= 0.3 is 0 Å². The van der Waals surface area contributed by atoms with Crippen LogP contribution in [0.15, 0.2) is 18.2 Å². The van der Waals surface area contributed by atoms with Gasteiger partial charge in [0.1, 0.15) is 5.82 Å². The highest BCUT2D eigenvalue weighted by Crippen LogP contribution is 2.34. The molecular weight excluding hydrogens is 270 g/mol. The number of aryl methyl sites for hydroxylation is 1. The van der Waals surface area contributed by atoms with Crippen LogP contribution in [-0.2, 0) is 6.42 Å². The molecule has 0 aliphatic rings. The van der Waals surface area contributed by atoms with Gasteiger partial charge in [0.2, 0.25) is 0 Å². The Morgan fingerprint density at radius 3 is 2.28 bits per heavy atom. The van der Waals surface area contributed by atoms with Gasteiger partial charge in [-0.1, -0.05) is 19.9 Å². The maximum atomic E-state index is 13.1. The molecule has 1 aromatic rings. The van der Waals surface area contributed by atoms with E-state index in [9.17, 15) is 4.39 Å². The molecule has 0 aromatic heterocycles. The molecule has 0 N–H and O–H groups in total. The lowest BCUT2D eigenvalue weighted by atomic mass is 9.77. The van der Waals surface area contributed by atoms with E-state index in [0.717, 1.165) is 24.0 Å². The SMILES string of the molecule is Cc1cc(F)ccc1CC(CCl)(CCl)CC(C)C. The van der Waals surface area contributed by atoms with Crippen molar-refractivity contribution in [1.82, 2.24) is 0 Å². The number of rotatable bonds is 6. The molecule has 0 saturated carbocycles. The zero-order valence-corrected chi connectivity index (χ0v) is 12.8. The van der Waals surface area contributed by atoms with Gasteiger partial charge in [0.05, 0.1) is 0 Å². The van der Waals surface area contributed by atoms with Gasteiger partial charge < -0.3 is 0 Å². The van der Waals surface area contributed by atoms with Crippen molar-refractivity contribution < 1.29 is 4.39 Å². The summed E-state index contributed by atoms with van der Waals surface area (Å²) in [4.78, 5) is 0. The van der Waals surface area contributed by atoms with Crippen LogP contribution in [-0.4, -0.2) is 11.8 Å². The molecule has 3 heteroatoms. The van der Waals surface area contributed by atoms with Gasteiger partial charge in [0.25, 0.3) is 0 Å². The first-order chi connectivity index (χ1) is 8.42. The molecule has 0 atom stereocenters. The fraction of sp³-hybridized carbons (Fsp3) is 0.600. The molecule has 0 heterocycles. The first-order valence-electron chi connectivity index (χ1n) is 6.29. The Kier molecular flexibility index (Phi) is 5.94. The van der Waals surface area contributed by atoms with Crippen LogP contribution in [0.5, 0.6) is 0 Å². The molecule has 18 heavy (non-hydrogen) atoms. The molecule has 0 fully saturated rings. The molecule has 0 nitrogen and oxygen atoms in total. The summed E-state index contributed by atoms with van der Waals surface area (Å²) in [6, 6.07) is 4.92. The van der Waals surface area contributed by atoms with Crippen molar-refractivity contribution in [3.63, 3.8) is 0 Å². The lowest BCUT2D eigenvalue weighted by Gasteiger charge is -2.32. The van der Waals surface area contributed by atoms with Crippen LogP contribution in [0.3, 0.4) is 0 Å². The summed E-state index contributed by atoms with van der Waals surface area (Å²) in [6.45, 7) is 6.28. The zero-order chi connectivity index (χ0) is 13.8. The van der Waals surface area contributed by atoms with Crippen LogP contribution < -0.4 is 0 Å². The summed E-state index contributed by atoms with van der Waals surface area (Å²) in [5.41, 5.74) is 2.01. The average Bonchev–Trinajstić information content (AvgIpc) is 2.31. The number of hydrogen-bond acceptors (Lipinski definition) is 0. The second-order valence-electron chi connectivity index (χ2n) is 5.61. The number of benzene rings is 1. The van der Waals surface area contributed by atoms with Gasteiger partial charge in [-0.05, 0) is 48.9 Å². The molecule has 0 aliphatic carbocycles. The maximum absolute atomic E-state index is 13.1. The van der Waals surface area contributed by atoms with Gasteiger partial charge in [0.15, 0.2) is 0 Å². The minimum atomic E-state index is -0.192. The fourth-order valence-electron chi connectivity index (χ4n) is 2.44. The summed E-state index contributed by atoms with van der Waals surface area (Å²) in [7, 11) is 0. The van der Waals surface area contributed by atoms with Crippen molar-refractivity contribution in [2.75, 3.05) is 11.8 Å². The molecule has 0 spiro atoms. The summed E-state index contributed by atoms with van der Waals surface area (Å²) in [5.74, 6) is 1.42. The highest BCUT2D eigenvalue weighted by Gasteiger charge is 2.30. The van der Waals surface area contributed by atoms with Crippen LogP contribution in [0.1, 0.15) is 31.4 Å². The van der Waals surface area contributed by atoms with Crippen LogP contribution in [0.4, 0.5) is 4.39 Å². The molecule has 0 unspecified atom stereocenters. The largest absolute Gasteiger partial charge is 0.207 e. The standard InChI is InChI=1S/C15H21Cl2F/c1-11(2)7-15(9-16,10-17)8-13-4-5-14(18)6-12(13)3/h4-6,11H,7-10H2,1-3H3. The molecule has 0 aliphatic heterocycles. The van der Waals surface area contributed by atoms with E-state index >= 15 is 0 Å². The lowest BCUT2D eigenvalue weighted by molar-refractivity contribution is 0.295. The molecule has 0 saturated heterocycles. The van der Waals surface area contributed by atoms with E-state index in [-0.39, 0.29) is 11.2 Å². The first-order valence-corrected chi connectivity index (χ1v) is 7.36. The summed E-state index contributed by atoms with van der Waals surface area (Å²) in [6.07, 6.45) is 1.79. The zero-order valence-electron chi connectivity index (χ0n) is 11.3. The normalized spacial score (nSPS) is 12.2. The van der Waals surface area contributed by atoms with Crippen LogP contribution in [0.2, 0.25) is 0 Å². The van der Waals surface area contributed by atoms with Crippen molar-refractivity contribution in [2.24, 2.45) is 11.3 Å².